The van der Waals surface area contributed by atoms with Crippen LogP contribution in [0.15, 0.2) is 158 Å². The molecule has 8 rings (SSSR count). The Bertz CT molecular complexity index is 3440. The van der Waals surface area contributed by atoms with E-state index >= 15 is 0 Å². The molecule has 8 aromatic rings. The van der Waals surface area contributed by atoms with Crippen LogP contribution in [0.1, 0.15) is 123 Å². The molecule has 0 aliphatic heterocycles. The van der Waals surface area contributed by atoms with Gasteiger partial charge in [0.05, 0.1) is 16.9 Å². The Morgan fingerprint density at radius 2 is 1.61 bits per heavy atom. The predicted octanol–water partition coefficient (Wildman–Crippen LogP) is 17.8. The maximum Gasteiger partial charge on any atom is 3.00 e. The third-order valence-electron chi connectivity index (χ3n) is 11.1. The third kappa shape index (κ3) is 11.6. The summed E-state index contributed by atoms with van der Waals surface area (Å²) in [7, 11) is 0. The van der Waals surface area contributed by atoms with Crippen LogP contribution in [0.5, 0.6) is 0 Å². The summed E-state index contributed by atoms with van der Waals surface area (Å²) < 4.78 is 63.8. The number of hydrogen-bond donors (Lipinski definition) is 0. The second-order valence-corrected chi connectivity index (χ2v) is 18.8. The molecule has 0 unspecified atom stereocenters. The van der Waals surface area contributed by atoms with Gasteiger partial charge in [0.15, 0.2) is 0 Å². The maximum absolute atomic E-state index is 9.54. The van der Waals surface area contributed by atoms with Crippen LogP contribution in [-0.2, 0) is 26.5 Å². The second kappa shape index (κ2) is 22.2. The summed E-state index contributed by atoms with van der Waals surface area (Å²) in [6.07, 6.45) is 10.7. The number of para-hydroxylation sites is 3. The molecule has 0 radical (unpaired) electrons. The molecule has 2 heterocycles. The molecule has 0 amide bonds. The summed E-state index contributed by atoms with van der Waals surface area (Å²) in [5.41, 5.74) is 9.61. The predicted molar refractivity (Wildman–Crippen MR) is 290 cm³/mol. The Morgan fingerprint density at radius 3 is 2.28 bits per heavy atom. The number of thiophene rings is 1. The van der Waals surface area contributed by atoms with Crippen molar-refractivity contribution in [2.24, 2.45) is 5.41 Å². The van der Waals surface area contributed by atoms with E-state index in [-0.39, 0.29) is 25.7 Å². The van der Waals surface area contributed by atoms with E-state index in [2.05, 4.69) is 62.0 Å². The van der Waals surface area contributed by atoms with Crippen LogP contribution >= 0.6 is 11.3 Å². The van der Waals surface area contributed by atoms with Gasteiger partial charge in [-0.3, -0.25) is 4.98 Å². The van der Waals surface area contributed by atoms with Crippen molar-refractivity contribution in [1.82, 2.24) is 9.55 Å². The molecule has 0 N–H and O–H groups in total. The summed E-state index contributed by atoms with van der Waals surface area (Å²) in [4.78, 5) is 4.98. The topological polar surface area (TPSA) is 40.1 Å². The number of rotatable bonds is 12. The van der Waals surface area contributed by atoms with Crippen molar-refractivity contribution in [3.05, 3.63) is 215 Å². The number of aromatic nitrogens is 2. The zero-order valence-corrected chi connectivity index (χ0v) is 43.0. The van der Waals surface area contributed by atoms with E-state index in [1.54, 1.807) is 29.6 Å². The van der Waals surface area contributed by atoms with Gasteiger partial charge in [-0.05, 0) is 92.2 Å². The smallest absolute Gasteiger partial charge is 0.811 e. The van der Waals surface area contributed by atoms with Crippen molar-refractivity contribution in [3.8, 4) is 17.1 Å². The van der Waals surface area contributed by atoms with Crippen molar-refractivity contribution in [2.75, 3.05) is 0 Å². The Morgan fingerprint density at radius 1 is 0.910 bits per heavy atom. The molecule has 0 fully saturated rings. The summed E-state index contributed by atoms with van der Waals surface area (Å²) in [6.45, 7) is 18.8. The minimum Gasteiger partial charge on any atom is -0.811 e. The molecule has 0 aliphatic carbocycles. The number of hydrogen-bond acceptors (Lipinski definition) is 2. The van der Waals surface area contributed by atoms with Crippen molar-refractivity contribution >= 4 is 65.5 Å². The van der Waals surface area contributed by atoms with Gasteiger partial charge < -0.3 is 9.98 Å². The number of imidazole rings is 1. The van der Waals surface area contributed by atoms with Crippen LogP contribution in [0.25, 0.3) is 70.4 Å². The van der Waals surface area contributed by atoms with E-state index < -0.39 is 30.4 Å². The van der Waals surface area contributed by atoms with Gasteiger partial charge in [-0.25, -0.2) is 0 Å². The fraction of sp³-hybridized carbons (Fsp3) is 0.226. The van der Waals surface area contributed by atoms with E-state index in [1.165, 1.54) is 26.2 Å². The van der Waals surface area contributed by atoms with Gasteiger partial charge in [0.25, 0.3) is 0 Å². The molecule has 0 saturated heterocycles. The van der Waals surface area contributed by atoms with E-state index in [0.29, 0.717) is 28.1 Å². The van der Waals surface area contributed by atoms with Crippen molar-refractivity contribution in [3.63, 3.8) is 0 Å². The first-order chi connectivity index (χ1) is 34.3. The molecule has 340 valence electrons. The molecule has 67 heavy (non-hydrogen) atoms. The Kier molecular flexibility index (Phi) is 13.7. The summed E-state index contributed by atoms with van der Waals surface area (Å²) in [5.74, 6) is -1.39. The number of nitrogens with zero attached hydrogens (tertiary/aromatic N) is 3. The summed E-state index contributed by atoms with van der Waals surface area (Å²) in [5, 5.41) is 12.0. The average Bonchev–Trinajstić information content (AvgIpc) is 3.92. The van der Waals surface area contributed by atoms with Crippen molar-refractivity contribution < 1.29 is 29.7 Å². The molecule has 0 saturated carbocycles. The number of aryl methyl sites for hydroxylation is 1. The van der Waals surface area contributed by atoms with E-state index in [0.717, 1.165) is 56.3 Å². The van der Waals surface area contributed by atoms with Crippen LogP contribution < -0.4 is 0 Å². The molecule has 0 spiro atoms. The Hall–Kier alpha value is -5.97. The number of fused-ring (bicyclic) bond motifs is 4. The molecule has 3 nitrogen and oxygen atoms in total. The van der Waals surface area contributed by atoms with Crippen LogP contribution in [0.4, 0.5) is 0 Å². The van der Waals surface area contributed by atoms with Gasteiger partial charge in [-0.1, -0.05) is 189 Å². The van der Waals surface area contributed by atoms with Crippen molar-refractivity contribution in [2.45, 2.75) is 87.3 Å². The van der Waals surface area contributed by atoms with Crippen molar-refractivity contribution in [1.29, 1.82) is 0 Å². The monoisotopic (exact) mass is 1080 g/mol. The molecular weight excluding hydrogens is 1010 g/mol. The summed E-state index contributed by atoms with van der Waals surface area (Å²) >= 11 is 1.77. The zero-order valence-electron chi connectivity index (χ0n) is 46.8. The zero-order chi connectivity index (χ0) is 53.3. The van der Waals surface area contributed by atoms with Crippen LogP contribution in [0.3, 0.4) is 0 Å². The molecule has 0 aliphatic rings. The van der Waals surface area contributed by atoms with Crippen LogP contribution in [0.2, 0.25) is 0 Å². The Labute approximate surface area is 427 Å². The first-order valence-corrected chi connectivity index (χ1v) is 23.1. The molecule has 0 bridgehead atoms. The average molecular weight is 1080 g/mol. The van der Waals surface area contributed by atoms with Gasteiger partial charge >= 0.3 is 20.1 Å². The summed E-state index contributed by atoms with van der Waals surface area (Å²) in [6, 6.07) is 43.4. The number of allylic oxidation sites excluding steroid dienone is 9. The Balaban J connectivity index is 0.000000242. The quantitative estimate of drug-likeness (QED) is 0.0683. The fourth-order valence-corrected chi connectivity index (χ4v) is 9.32. The fourth-order valence-electron chi connectivity index (χ4n) is 8.06. The van der Waals surface area contributed by atoms with Gasteiger partial charge in [0.2, 0.25) is 0 Å². The van der Waals surface area contributed by atoms with E-state index in [4.69, 9.17) is 14.6 Å². The van der Waals surface area contributed by atoms with Gasteiger partial charge in [0, 0.05) is 20.0 Å². The van der Waals surface area contributed by atoms with E-state index in [9.17, 15) is 5.41 Å². The SMILES string of the molecule is [2H]C([2H])([2H])c1c[c-]c(-c2nc3ccccc3n2-c2c(C([2H])(C)C)cccc2C([2H])(C)C)cc1C(=C)/C=C\C=C/C.[2H]C([2H])(c1ccc(C(=C/C=[N-])/C=C(\C)c2[c-]ccc3c2sc2ccccc23)cc1)C(C)(C)C.[Ir+3]. The van der Waals surface area contributed by atoms with E-state index in [1.807, 2.05) is 151 Å². The minimum atomic E-state index is -2.36. The standard InChI is InChI=1S/C33H35N2.C29H27NS.Ir/c1-8-9-10-14-24(6)29-21-26(20-19-25(29)7)33-34-30-17-11-12-18-31(30)35(33)32-27(22(2)3)15-13-16-28(32)23(4)5;1-20(24-9-7-10-26-25-8-5-6-11-27(25)31-28(24)26)18-23(16-17-30)22-14-12-21(13-15-22)19-29(2,3)4;/h8-19,21-23H,6H2,1-5,7H3;5-8,10-18H,19H2,1-4H3;/q-1;-2;+3/b9-8-,14-10-;20-18+,23-16+;/i7D3,22D,23D;19D2;. The minimum absolute atomic E-state index is 0. The molecule has 2 aromatic heterocycles. The number of benzene rings is 6. The van der Waals surface area contributed by atoms with Crippen LogP contribution in [-0.4, -0.2) is 15.8 Å². The third-order valence-corrected chi connectivity index (χ3v) is 12.3. The largest absolute Gasteiger partial charge is 3.00 e. The molecule has 0 atom stereocenters. The molecule has 6 aromatic carbocycles. The van der Waals surface area contributed by atoms with Gasteiger partial charge in [-0.15, -0.1) is 58.7 Å². The first-order valence-electron chi connectivity index (χ1n) is 25.7. The molecule has 5 heteroatoms. The van der Waals surface area contributed by atoms with Gasteiger partial charge in [0.1, 0.15) is 0 Å². The second-order valence-electron chi connectivity index (χ2n) is 17.8. The normalized spacial score (nSPS) is 14.7. The molecular formula is C62H62IrN3S. The maximum atomic E-state index is 9.54. The van der Waals surface area contributed by atoms with Crippen LogP contribution in [0, 0.1) is 24.4 Å². The van der Waals surface area contributed by atoms with Gasteiger partial charge in [-0.2, -0.15) is 17.6 Å². The first kappa shape index (κ1) is 41.2.